The normalized spacial score (nSPS) is 14.2. The lowest BCUT2D eigenvalue weighted by Gasteiger charge is -2.27. The number of amides is 1. The average Bonchev–Trinajstić information content (AvgIpc) is 2.35. The highest BCUT2D eigenvalue weighted by Crippen LogP contribution is 2.15. The van der Waals surface area contributed by atoms with Crippen molar-refractivity contribution in [1.29, 1.82) is 0 Å². The van der Waals surface area contributed by atoms with E-state index >= 15 is 0 Å². The van der Waals surface area contributed by atoms with Crippen LogP contribution in [0.4, 0.5) is 0 Å². The minimum absolute atomic E-state index is 0.00843. The molecule has 0 radical (unpaired) electrons. The maximum atomic E-state index is 11.8. The number of aryl methyl sites for hydroxylation is 3. The van der Waals surface area contributed by atoms with Gasteiger partial charge in [0.2, 0.25) is 5.91 Å². The maximum absolute atomic E-state index is 11.8. The van der Waals surface area contributed by atoms with E-state index in [1.54, 1.807) is 6.92 Å². The van der Waals surface area contributed by atoms with Gasteiger partial charge in [-0.05, 0) is 44.2 Å². The van der Waals surface area contributed by atoms with Crippen molar-refractivity contribution in [3.8, 4) is 0 Å². The Morgan fingerprint density at radius 2 is 2.00 bits per heavy atom. The molecule has 112 valence electrons. The minimum Gasteiger partial charge on any atom is -0.388 e. The fourth-order valence-corrected chi connectivity index (χ4v) is 1.94. The molecule has 1 aromatic carbocycles. The van der Waals surface area contributed by atoms with Gasteiger partial charge in [-0.3, -0.25) is 4.79 Å². The van der Waals surface area contributed by atoms with Crippen LogP contribution in [-0.2, 0) is 11.2 Å². The molecule has 0 aliphatic rings. The van der Waals surface area contributed by atoms with E-state index in [2.05, 4.69) is 37.4 Å². The molecule has 20 heavy (non-hydrogen) atoms. The third-order valence-corrected chi connectivity index (χ3v) is 4.01. The van der Waals surface area contributed by atoms with Crippen molar-refractivity contribution < 1.29 is 9.90 Å². The van der Waals surface area contributed by atoms with Gasteiger partial charge in [0.1, 0.15) is 0 Å². The standard InChI is InChI=1S/C17H27NO2/c1-12(2)17(5,20)11-18-16(19)9-8-15-7-6-13(3)10-14(15)4/h6-7,10,12,20H,8-9,11H2,1-5H3,(H,18,19). The van der Waals surface area contributed by atoms with Crippen molar-refractivity contribution in [2.75, 3.05) is 6.54 Å². The van der Waals surface area contributed by atoms with Gasteiger partial charge < -0.3 is 10.4 Å². The van der Waals surface area contributed by atoms with Crippen molar-refractivity contribution in [2.45, 2.75) is 53.1 Å². The summed E-state index contributed by atoms with van der Waals surface area (Å²) in [5.74, 6) is 0.105. The van der Waals surface area contributed by atoms with Gasteiger partial charge in [-0.1, -0.05) is 37.6 Å². The fraction of sp³-hybridized carbons (Fsp3) is 0.588. The zero-order valence-corrected chi connectivity index (χ0v) is 13.3. The van der Waals surface area contributed by atoms with Gasteiger partial charge in [0.05, 0.1) is 5.60 Å². The second-order valence-corrected chi connectivity index (χ2v) is 6.22. The molecule has 2 N–H and O–H groups in total. The van der Waals surface area contributed by atoms with Crippen LogP contribution in [-0.4, -0.2) is 23.2 Å². The second kappa shape index (κ2) is 6.89. The first-order valence-corrected chi connectivity index (χ1v) is 7.27. The molecule has 0 aromatic heterocycles. The molecule has 0 saturated carbocycles. The quantitative estimate of drug-likeness (QED) is 0.840. The number of aliphatic hydroxyl groups is 1. The van der Waals surface area contributed by atoms with E-state index in [4.69, 9.17) is 0 Å². The van der Waals surface area contributed by atoms with Crippen LogP contribution < -0.4 is 5.32 Å². The summed E-state index contributed by atoms with van der Waals surface area (Å²) in [7, 11) is 0. The highest BCUT2D eigenvalue weighted by molar-refractivity contribution is 5.76. The van der Waals surface area contributed by atoms with E-state index in [9.17, 15) is 9.90 Å². The molecule has 1 atom stereocenters. The molecule has 0 bridgehead atoms. The Hall–Kier alpha value is -1.35. The van der Waals surface area contributed by atoms with E-state index in [0.717, 1.165) is 6.42 Å². The maximum Gasteiger partial charge on any atom is 0.220 e. The zero-order valence-electron chi connectivity index (χ0n) is 13.3. The number of rotatable bonds is 6. The highest BCUT2D eigenvalue weighted by atomic mass is 16.3. The first-order chi connectivity index (χ1) is 9.22. The topological polar surface area (TPSA) is 49.3 Å². The third kappa shape index (κ3) is 4.97. The summed E-state index contributed by atoms with van der Waals surface area (Å²) in [6.45, 7) is 10.1. The summed E-state index contributed by atoms with van der Waals surface area (Å²) >= 11 is 0. The molecule has 0 saturated heterocycles. The fourth-order valence-electron chi connectivity index (χ4n) is 1.94. The largest absolute Gasteiger partial charge is 0.388 e. The summed E-state index contributed by atoms with van der Waals surface area (Å²) in [4.78, 5) is 11.8. The molecule has 1 unspecified atom stereocenters. The van der Waals surface area contributed by atoms with E-state index in [1.807, 2.05) is 13.8 Å². The van der Waals surface area contributed by atoms with Gasteiger partial charge in [-0.2, -0.15) is 0 Å². The summed E-state index contributed by atoms with van der Waals surface area (Å²) in [6.07, 6.45) is 1.19. The molecule has 1 amide bonds. The SMILES string of the molecule is Cc1ccc(CCC(=O)NCC(C)(O)C(C)C)c(C)c1. The van der Waals surface area contributed by atoms with Gasteiger partial charge in [0.25, 0.3) is 0 Å². The summed E-state index contributed by atoms with van der Waals surface area (Å²) < 4.78 is 0. The summed E-state index contributed by atoms with van der Waals surface area (Å²) in [5.41, 5.74) is 2.83. The van der Waals surface area contributed by atoms with Gasteiger partial charge in [-0.15, -0.1) is 0 Å². The Bertz CT molecular complexity index is 464. The van der Waals surface area contributed by atoms with Gasteiger partial charge in [-0.25, -0.2) is 0 Å². The molecule has 1 rings (SSSR count). The lowest BCUT2D eigenvalue weighted by atomic mass is 9.92. The van der Waals surface area contributed by atoms with Gasteiger partial charge >= 0.3 is 0 Å². The molecular weight excluding hydrogens is 250 g/mol. The Kier molecular flexibility index (Phi) is 5.75. The number of nitrogens with one attached hydrogen (secondary N) is 1. The predicted octanol–water partition coefficient (Wildman–Crippen LogP) is 2.76. The second-order valence-electron chi connectivity index (χ2n) is 6.22. The van der Waals surface area contributed by atoms with Gasteiger partial charge in [0.15, 0.2) is 0 Å². The molecule has 3 nitrogen and oxygen atoms in total. The van der Waals surface area contributed by atoms with E-state index in [1.165, 1.54) is 16.7 Å². The Labute approximate surface area is 122 Å². The van der Waals surface area contributed by atoms with Gasteiger partial charge in [0, 0.05) is 13.0 Å². The molecule has 0 aliphatic heterocycles. The number of carbonyl (C=O) groups is 1. The first-order valence-electron chi connectivity index (χ1n) is 7.27. The van der Waals surface area contributed by atoms with Crippen LogP contribution in [0, 0.1) is 19.8 Å². The molecular formula is C17H27NO2. The Morgan fingerprint density at radius 1 is 1.35 bits per heavy atom. The number of benzene rings is 1. The average molecular weight is 277 g/mol. The molecule has 0 heterocycles. The third-order valence-electron chi connectivity index (χ3n) is 4.01. The molecule has 3 heteroatoms. The van der Waals surface area contributed by atoms with Crippen molar-refractivity contribution in [2.24, 2.45) is 5.92 Å². The van der Waals surface area contributed by atoms with Crippen LogP contribution in [0.2, 0.25) is 0 Å². The van der Waals surface area contributed by atoms with Crippen molar-refractivity contribution in [1.82, 2.24) is 5.32 Å². The molecule has 1 aromatic rings. The van der Waals surface area contributed by atoms with Crippen molar-refractivity contribution in [3.05, 3.63) is 34.9 Å². The van der Waals surface area contributed by atoms with Crippen LogP contribution in [0.25, 0.3) is 0 Å². The lowest BCUT2D eigenvalue weighted by Crippen LogP contribution is -2.44. The number of hydrogen-bond donors (Lipinski definition) is 2. The first kappa shape index (κ1) is 16.7. The van der Waals surface area contributed by atoms with E-state index in [0.29, 0.717) is 13.0 Å². The molecule has 0 aliphatic carbocycles. The van der Waals surface area contributed by atoms with Crippen LogP contribution in [0.3, 0.4) is 0 Å². The summed E-state index contributed by atoms with van der Waals surface area (Å²) in [5, 5.41) is 12.9. The smallest absolute Gasteiger partial charge is 0.220 e. The van der Waals surface area contributed by atoms with Crippen LogP contribution in [0.1, 0.15) is 43.9 Å². The Morgan fingerprint density at radius 3 is 2.55 bits per heavy atom. The predicted molar refractivity (Wildman–Crippen MR) is 82.7 cm³/mol. The van der Waals surface area contributed by atoms with E-state index < -0.39 is 5.60 Å². The van der Waals surface area contributed by atoms with Crippen molar-refractivity contribution >= 4 is 5.91 Å². The lowest BCUT2D eigenvalue weighted by molar-refractivity contribution is -0.122. The summed E-state index contributed by atoms with van der Waals surface area (Å²) in [6, 6.07) is 6.29. The van der Waals surface area contributed by atoms with Crippen LogP contribution in [0.5, 0.6) is 0 Å². The molecule has 0 fully saturated rings. The van der Waals surface area contributed by atoms with E-state index in [-0.39, 0.29) is 11.8 Å². The number of hydrogen-bond acceptors (Lipinski definition) is 2. The van der Waals surface area contributed by atoms with Crippen LogP contribution in [0.15, 0.2) is 18.2 Å². The van der Waals surface area contributed by atoms with Crippen LogP contribution >= 0.6 is 0 Å². The van der Waals surface area contributed by atoms with Crippen molar-refractivity contribution in [3.63, 3.8) is 0 Å². The molecule has 0 spiro atoms. The Balaban J connectivity index is 2.44. The monoisotopic (exact) mass is 277 g/mol. The highest BCUT2D eigenvalue weighted by Gasteiger charge is 2.25. The minimum atomic E-state index is -0.852. The zero-order chi connectivity index (χ0) is 15.3. The number of carbonyl (C=O) groups excluding carboxylic acids is 1.